The van der Waals surface area contributed by atoms with E-state index in [1.165, 1.54) is 7.11 Å². The highest BCUT2D eigenvalue weighted by atomic mass is 16.5. The Morgan fingerprint density at radius 2 is 1.72 bits per heavy atom. The van der Waals surface area contributed by atoms with E-state index in [1.54, 1.807) is 18.2 Å². The fourth-order valence-electron chi connectivity index (χ4n) is 3.56. The third kappa shape index (κ3) is 3.66. The summed E-state index contributed by atoms with van der Waals surface area (Å²) in [7, 11) is 1.50. The summed E-state index contributed by atoms with van der Waals surface area (Å²) >= 11 is 0. The highest BCUT2D eigenvalue weighted by Gasteiger charge is 2.33. The third-order valence-corrected chi connectivity index (χ3v) is 5.02. The lowest BCUT2D eigenvalue weighted by atomic mass is 10.0. The first-order chi connectivity index (χ1) is 14.2. The first kappa shape index (κ1) is 18.6. The molecule has 1 aliphatic rings. The van der Waals surface area contributed by atoms with Crippen LogP contribution in [-0.2, 0) is 0 Å². The molecule has 0 aliphatic carbocycles. The van der Waals surface area contributed by atoms with Crippen LogP contribution in [0.1, 0.15) is 28.8 Å². The van der Waals surface area contributed by atoms with Gasteiger partial charge in [0.1, 0.15) is 6.04 Å². The lowest BCUT2D eigenvalue weighted by Crippen LogP contribution is -2.37. The number of phenols is 1. The van der Waals surface area contributed by atoms with E-state index in [4.69, 9.17) is 4.74 Å². The van der Waals surface area contributed by atoms with Crippen LogP contribution in [0.3, 0.4) is 0 Å². The maximum Gasteiger partial charge on any atom is 0.160 e. The van der Waals surface area contributed by atoms with Crippen molar-refractivity contribution in [3.63, 3.8) is 0 Å². The monoisotopic (exact) mass is 383 g/mol. The molecule has 0 fully saturated rings. The van der Waals surface area contributed by atoms with E-state index in [2.05, 4.69) is 29.7 Å². The quantitative estimate of drug-likeness (QED) is 0.676. The first-order valence-corrected chi connectivity index (χ1v) is 9.35. The molecule has 1 aliphatic heterocycles. The summed E-state index contributed by atoms with van der Waals surface area (Å²) in [5, 5.41) is 21.9. The Hall–Kier alpha value is -3.75. The number of nitrogens with one attached hydrogen (secondary N) is 1. The van der Waals surface area contributed by atoms with Crippen LogP contribution in [-0.4, -0.2) is 17.2 Å². The van der Waals surface area contributed by atoms with Gasteiger partial charge in [0.05, 0.1) is 24.9 Å². The van der Waals surface area contributed by atoms with Crippen LogP contribution >= 0.6 is 0 Å². The van der Waals surface area contributed by atoms with Crippen molar-refractivity contribution in [2.45, 2.75) is 12.1 Å². The summed E-state index contributed by atoms with van der Waals surface area (Å²) in [6.07, 6.45) is 2.13. The van der Waals surface area contributed by atoms with E-state index < -0.39 is 6.04 Å². The largest absolute Gasteiger partial charge is 0.504 e. The molecule has 2 atom stereocenters. The van der Waals surface area contributed by atoms with Gasteiger partial charge in [-0.25, -0.2) is 0 Å². The summed E-state index contributed by atoms with van der Waals surface area (Å²) in [6.45, 7) is 0. The third-order valence-electron chi connectivity index (χ3n) is 5.02. The van der Waals surface area contributed by atoms with Crippen LogP contribution in [0.2, 0.25) is 0 Å². The van der Waals surface area contributed by atoms with Crippen molar-refractivity contribution < 1.29 is 9.84 Å². The molecular weight excluding hydrogens is 362 g/mol. The lowest BCUT2D eigenvalue weighted by Gasteiger charge is -2.30. The van der Waals surface area contributed by atoms with E-state index in [1.807, 2.05) is 53.5 Å². The minimum absolute atomic E-state index is 0.0463. The van der Waals surface area contributed by atoms with Gasteiger partial charge in [0.25, 0.3) is 0 Å². The number of aromatic hydroxyl groups is 1. The summed E-state index contributed by atoms with van der Waals surface area (Å²) in [6, 6.07) is 26.8. The van der Waals surface area contributed by atoms with Crippen molar-refractivity contribution >= 4 is 5.70 Å². The second-order valence-corrected chi connectivity index (χ2v) is 6.78. The Morgan fingerprint density at radius 3 is 2.38 bits per heavy atom. The van der Waals surface area contributed by atoms with Crippen LogP contribution < -0.4 is 10.2 Å². The Labute approximate surface area is 170 Å². The molecule has 0 aromatic heterocycles. The number of hydrogen-bond donors (Lipinski definition) is 2. The highest BCUT2D eigenvalue weighted by molar-refractivity contribution is 5.66. The zero-order valence-corrected chi connectivity index (χ0v) is 16.0. The Kier molecular flexibility index (Phi) is 5.19. The molecule has 5 heteroatoms. The van der Waals surface area contributed by atoms with E-state index in [0.717, 1.165) is 22.4 Å². The van der Waals surface area contributed by atoms with Crippen molar-refractivity contribution in [3.05, 3.63) is 102 Å². The summed E-state index contributed by atoms with van der Waals surface area (Å²) < 4.78 is 5.23. The molecule has 0 amide bonds. The average molecular weight is 383 g/mol. The lowest BCUT2D eigenvalue weighted by molar-refractivity contribution is 0.169. The molecule has 1 heterocycles. The van der Waals surface area contributed by atoms with Gasteiger partial charge in [-0.1, -0.05) is 66.7 Å². The molecule has 0 radical (unpaired) electrons. The minimum atomic E-state index is -0.591. The number of phenolic OH excluding ortho intramolecular Hbond substituents is 1. The fourth-order valence-corrected chi connectivity index (χ4v) is 3.56. The topological polar surface area (TPSA) is 68.5 Å². The standard InChI is InChI=1S/C24H21N3O2/c1-29-24-14-19(12-13-23(24)28)22(16-25)27-21(18-10-6-3-7-11-18)15-20(26-27)17-8-4-2-5-9-17/h2-15,21-22,26,28H,1H3/t21-,22+/m0/s1. The smallest absolute Gasteiger partial charge is 0.160 e. The fraction of sp³-hybridized carbons (Fsp3) is 0.125. The summed E-state index contributed by atoms with van der Waals surface area (Å²) in [5.74, 6) is 0.388. The molecule has 0 spiro atoms. The molecule has 0 saturated heterocycles. The van der Waals surface area contributed by atoms with Crippen LogP contribution in [0.5, 0.6) is 11.5 Å². The van der Waals surface area contributed by atoms with Crippen LogP contribution in [0.25, 0.3) is 5.70 Å². The number of hydrogen-bond acceptors (Lipinski definition) is 5. The van der Waals surface area contributed by atoms with Crippen molar-refractivity contribution in [2.24, 2.45) is 0 Å². The second kappa shape index (κ2) is 8.09. The first-order valence-electron chi connectivity index (χ1n) is 9.35. The van der Waals surface area contributed by atoms with Crippen molar-refractivity contribution in [1.29, 1.82) is 5.26 Å². The van der Waals surface area contributed by atoms with Gasteiger partial charge in [0.15, 0.2) is 11.5 Å². The molecule has 0 bridgehead atoms. The Balaban J connectivity index is 1.75. The maximum absolute atomic E-state index is 10.0. The molecule has 3 aromatic carbocycles. The van der Waals surface area contributed by atoms with Gasteiger partial charge in [-0.05, 0) is 34.9 Å². The molecule has 144 valence electrons. The van der Waals surface area contributed by atoms with Crippen molar-refractivity contribution in [1.82, 2.24) is 10.4 Å². The van der Waals surface area contributed by atoms with Gasteiger partial charge in [0, 0.05) is 0 Å². The van der Waals surface area contributed by atoms with Crippen molar-refractivity contribution in [2.75, 3.05) is 7.11 Å². The molecule has 0 saturated carbocycles. The van der Waals surface area contributed by atoms with E-state index in [0.29, 0.717) is 5.75 Å². The van der Waals surface area contributed by atoms with E-state index >= 15 is 0 Å². The van der Waals surface area contributed by atoms with Crippen LogP contribution in [0.15, 0.2) is 84.9 Å². The van der Waals surface area contributed by atoms with Gasteiger partial charge in [0.2, 0.25) is 0 Å². The molecule has 2 N–H and O–H groups in total. The molecule has 0 unspecified atom stereocenters. The predicted molar refractivity (Wildman–Crippen MR) is 112 cm³/mol. The summed E-state index contributed by atoms with van der Waals surface area (Å²) in [5.41, 5.74) is 7.24. The van der Waals surface area contributed by atoms with E-state index in [-0.39, 0.29) is 11.8 Å². The number of benzene rings is 3. The maximum atomic E-state index is 10.0. The Morgan fingerprint density at radius 1 is 1.03 bits per heavy atom. The molecule has 3 aromatic rings. The number of ether oxygens (including phenoxy) is 1. The van der Waals surface area contributed by atoms with Crippen molar-refractivity contribution in [3.8, 4) is 17.6 Å². The SMILES string of the molecule is COc1cc([C@@H](C#N)N2NC(c3ccccc3)=C[C@H]2c2ccccc2)ccc1O. The Bertz CT molecular complexity index is 1060. The normalized spacial score (nSPS) is 17.1. The zero-order valence-electron chi connectivity index (χ0n) is 16.0. The second-order valence-electron chi connectivity index (χ2n) is 6.78. The molecular formula is C24H21N3O2. The van der Waals surface area contributed by atoms with Gasteiger partial charge in [-0.15, -0.1) is 0 Å². The summed E-state index contributed by atoms with van der Waals surface area (Å²) in [4.78, 5) is 0. The zero-order chi connectivity index (χ0) is 20.2. The van der Waals surface area contributed by atoms with Gasteiger partial charge in [-0.3, -0.25) is 0 Å². The van der Waals surface area contributed by atoms with Crippen LogP contribution in [0, 0.1) is 11.3 Å². The number of rotatable bonds is 5. The van der Waals surface area contributed by atoms with Gasteiger partial charge in [-0.2, -0.15) is 10.3 Å². The number of nitrogens with zero attached hydrogens (tertiary/aromatic N) is 2. The minimum Gasteiger partial charge on any atom is -0.504 e. The predicted octanol–water partition coefficient (Wildman–Crippen LogP) is 4.57. The number of nitriles is 1. The molecule has 4 rings (SSSR count). The van der Waals surface area contributed by atoms with E-state index in [9.17, 15) is 10.4 Å². The average Bonchev–Trinajstić information content (AvgIpc) is 3.22. The number of hydrazine groups is 1. The molecule has 29 heavy (non-hydrogen) atoms. The highest BCUT2D eigenvalue weighted by Crippen LogP contribution is 2.38. The molecule has 5 nitrogen and oxygen atoms in total. The van der Waals surface area contributed by atoms with Gasteiger partial charge < -0.3 is 15.3 Å². The van der Waals surface area contributed by atoms with Gasteiger partial charge >= 0.3 is 0 Å². The van der Waals surface area contributed by atoms with Crippen LogP contribution in [0.4, 0.5) is 0 Å². The number of methoxy groups -OCH3 is 1.